The molecule has 1 aliphatic heterocycles. The quantitative estimate of drug-likeness (QED) is 0.825. The molecule has 0 atom stereocenters. The number of hydrogen-bond donors (Lipinski definition) is 2. The van der Waals surface area contributed by atoms with Crippen molar-refractivity contribution in [2.45, 2.75) is 77.5 Å². The molecule has 118 valence electrons. The minimum atomic E-state index is 0.142. The highest BCUT2D eigenvalue weighted by atomic mass is 16.5. The lowest BCUT2D eigenvalue weighted by Crippen LogP contribution is -2.57. The zero-order valence-corrected chi connectivity index (χ0v) is 14.3. The van der Waals surface area contributed by atoms with Crippen LogP contribution in [-0.4, -0.2) is 17.2 Å². The molecule has 0 aromatic heterocycles. The maximum absolute atomic E-state index is 6.04. The molecule has 1 aromatic carbocycles. The van der Waals surface area contributed by atoms with E-state index in [1.165, 1.54) is 5.56 Å². The van der Waals surface area contributed by atoms with Gasteiger partial charge in [-0.15, -0.1) is 0 Å². The summed E-state index contributed by atoms with van der Waals surface area (Å²) in [6.07, 6.45) is 2.39. The van der Waals surface area contributed by atoms with E-state index in [0.29, 0.717) is 5.92 Å². The van der Waals surface area contributed by atoms with Crippen molar-refractivity contribution in [2.24, 2.45) is 0 Å². The first-order valence-corrected chi connectivity index (χ1v) is 7.93. The average molecular weight is 290 g/mol. The van der Waals surface area contributed by atoms with Crippen molar-refractivity contribution < 1.29 is 4.74 Å². The van der Waals surface area contributed by atoms with E-state index in [1.807, 2.05) is 19.9 Å². The van der Waals surface area contributed by atoms with Crippen LogP contribution >= 0.6 is 0 Å². The fraction of sp³-hybridized carbons (Fsp3) is 0.667. The van der Waals surface area contributed by atoms with Gasteiger partial charge < -0.3 is 15.8 Å². The Labute approximate surface area is 129 Å². The van der Waals surface area contributed by atoms with E-state index < -0.39 is 0 Å². The number of anilines is 1. The Kier molecular flexibility index (Phi) is 4.25. The first-order chi connectivity index (χ1) is 9.58. The molecule has 0 unspecified atom stereocenters. The minimum absolute atomic E-state index is 0.142. The van der Waals surface area contributed by atoms with E-state index in [1.54, 1.807) is 0 Å². The summed E-state index contributed by atoms with van der Waals surface area (Å²) >= 11 is 0. The second kappa shape index (κ2) is 5.53. The molecular formula is C18H30N2O. The third kappa shape index (κ3) is 4.13. The van der Waals surface area contributed by atoms with Gasteiger partial charge in [-0.1, -0.05) is 6.07 Å². The molecule has 1 heterocycles. The van der Waals surface area contributed by atoms with Gasteiger partial charge in [0.25, 0.3) is 0 Å². The Hall–Kier alpha value is -1.22. The molecule has 0 saturated carbocycles. The monoisotopic (exact) mass is 290 g/mol. The number of benzene rings is 1. The fourth-order valence-electron chi connectivity index (χ4n) is 3.72. The number of piperidine rings is 1. The zero-order valence-electron chi connectivity index (χ0n) is 14.3. The van der Waals surface area contributed by atoms with Crippen LogP contribution in [0.3, 0.4) is 0 Å². The first-order valence-electron chi connectivity index (χ1n) is 7.93. The molecule has 0 spiro atoms. The predicted molar refractivity (Wildman–Crippen MR) is 89.9 cm³/mol. The van der Waals surface area contributed by atoms with Gasteiger partial charge in [-0.3, -0.25) is 0 Å². The lowest BCUT2D eigenvalue weighted by Gasteiger charge is -2.46. The molecule has 3 N–H and O–H groups in total. The molecular weight excluding hydrogens is 260 g/mol. The largest absolute Gasteiger partial charge is 0.489 e. The highest BCUT2D eigenvalue weighted by molar-refractivity contribution is 5.54. The van der Waals surface area contributed by atoms with E-state index in [9.17, 15) is 0 Å². The first kappa shape index (κ1) is 16.2. The van der Waals surface area contributed by atoms with Gasteiger partial charge in [0.05, 0.1) is 11.8 Å². The molecule has 0 radical (unpaired) electrons. The molecule has 3 heteroatoms. The van der Waals surface area contributed by atoms with Crippen LogP contribution in [0.5, 0.6) is 5.75 Å². The van der Waals surface area contributed by atoms with Crippen molar-refractivity contribution >= 4 is 5.69 Å². The van der Waals surface area contributed by atoms with Crippen molar-refractivity contribution in [1.29, 1.82) is 0 Å². The molecule has 0 aliphatic carbocycles. The van der Waals surface area contributed by atoms with Gasteiger partial charge in [0.15, 0.2) is 0 Å². The van der Waals surface area contributed by atoms with E-state index in [-0.39, 0.29) is 17.2 Å². The van der Waals surface area contributed by atoms with Crippen LogP contribution in [0.1, 0.15) is 65.9 Å². The Morgan fingerprint density at radius 2 is 1.71 bits per heavy atom. The van der Waals surface area contributed by atoms with E-state index in [2.05, 4.69) is 45.1 Å². The molecule has 1 saturated heterocycles. The topological polar surface area (TPSA) is 47.3 Å². The standard InChI is InChI=1S/C18H30N2O/c1-12(2)21-16-9-13(7-8-15(16)19)14-10-17(3,4)20-18(5,6)11-14/h7-9,12,14,20H,10-11,19H2,1-6H3. The smallest absolute Gasteiger partial charge is 0.142 e. The molecule has 0 bridgehead atoms. The normalized spacial score (nSPS) is 21.5. The van der Waals surface area contributed by atoms with Crippen LogP contribution in [-0.2, 0) is 0 Å². The van der Waals surface area contributed by atoms with Gasteiger partial charge in [0.2, 0.25) is 0 Å². The summed E-state index contributed by atoms with van der Waals surface area (Å²) in [6, 6.07) is 6.28. The van der Waals surface area contributed by atoms with Crippen molar-refractivity contribution in [2.75, 3.05) is 5.73 Å². The van der Waals surface area contributed by atoms with Crippen LogP contribution in [0.4, 0.5) is 5.69 Å². The molecule has 3 nitrogen and oxygen atoms in total. The Morgan fingerprint density at radius 1 is 1.14 bits per heavy atom. The van der Waals surface area contributed by atoms with Crippen LogP contribution in [0, 0.1) is 0 Å². The summed E-state index contributed by atoms with van der Waals surface area (Å²) in [7, 11) is 0. The number of ether oxygens (including phenoxy) is 1. The lowest BCUT2D eigenvalue weighted by atomic mass is 9.73. The number of nitrogens with two attached hydrogens (primary N) is 1. The summed E-state index contributed by atoms with van der Waals surface area (Å²) < 4.78 is 5.84. The molecule has 21 heavy (non-hydrogen) atoms. The third-order valence-corrected chi connectivity index (χ3v) is 4.06. The summed E-state index contributed by atoms with van der Waals surface area (Å²) in [6.45, 7) is 13.2. The maximum Gasteiger partial charge on any atom is 0.142 e. The summed E-state index contributed by atoms with van der Waals surface area (Å²) in [4.78, 5) is 0. The van der Waals surface area contributed by atoms with E-state index in [0.717, 1.165) is 24.3 Å². The summed E-state index contributed by atoms with van der Waals surface area (Å²) in [5, 5.41) is 3.73. The van der Waals surface area contributed by atoms with Gasteiger partial charge in [0.1, 0.15) is 5.75 Å². The van der Waals surface area contributed by atoms with Gasteiger partial charge in [-0.05, 0) is 78.0 Å². The number of nitrogens with one attached hydrogen (secondary N) is 1. The highest BCUT2D eigenvalue weighted by Crippen LogP contribution is 2.40. The van der Waals surface area contributed by atoms with Crippen LogP contribution < -0.4 is 15.8 Å². The molecule has 0 amide bonds. The Morgan fingerprint density at radius 3 is 2.24 bits per heavy atom. The second-order valence-electron chi connectivity index (χ2n) is 7.96. The van der Waals surface area contributed by atoms with Crippen molar-refractivity contribution in [3.8, 4) is 5.75 Å². The summed E-state index contributed by atoms with van der Waals surface area (Å²) in [5.74, 6) is 1.35. The fourth-order valence-corrected chi connectivity index (χ4v) is 3.72. The Balaban J connectivity index is 2.29. The van der Waals surface area contributed by atoms with E-state index in [4.69, 9.17) is 10.5 Å². The lowest BCUT2D eigenvalue weighted by molar-refractivity contribution is 0.161. The molecule has 1 fully saturated rings. The van der Waals surface area contributed by atoms with Crippen LogP contribution in [0.25, 0.3) is 0 Å². The second-order valence-corrected chi connectivity index (χ2v) is 7.96. The SMILES string of the molecule is CC(C)Oc1cc(C2CC(C)(C)NC(C)(C)C2)ccc1N. The van der Waals surface area contributed by atoms with Crippen molar-refractivity contribution in [3.05, 3.63) is 23.8 Å². The molecule has 1 aliphatic rings. The number of hydrogen-bond acceptors (Lipinski definition) is 3. The molecule has 2 rings (SSSR count). The number of rotatable bonds is 3. The van der Waals surface area contributed by atoms with E-state index >= 15 is 0 Å². The predicted octanol–water partition coefficient (Wildman–Crippen LogP) is 4.08. The van der Waals surface area contributed by atoms with Gasteiger partial charge in [0, 0.05) is 11.1 Å². The van der Waals surface area contributed by atoms with Crippen molar-refractivity contribution in [1.82, 2.24) is 5.32 Å². The summed E-state index contributed by atoms with van der Waals surface area (Å²) in [5.41, 5.74) is 8.39. The molecule has 1 aromatic rings. The van der Waals surface area contributed by atoms with Crippen LogP contribution in [0.2, 0.25) is 0 Å². The number of nitrogen functional groups attached to an aromatic ring is 1. The van der Waals surface area contributed by atoms with Gasteiger partial charge in [-0.2, -0.15) is 0 Å². The van der Waals surface area contributed by atoms with Crippen LogP contribution in [0.15, 0.2) is 18.2 Å². The third-order valence-electron chi connectivity index (χ3n) is 4.06. The van der Waals surface area contributed by atoms with Crippen molar-refractivity contribution in [3.63, 3.8) is 0 Å². The highest BCUT2D eigenvalue weighted by Gasteiger charge is 2.38. The van der Waals surface area contributed by atoms with Gasteiger partial charge >= 0.3 is 0 Å². The average Bonchev–Trinajstić information content (AvgIpc) is 2.27. The van der Waals surface area contributed by atoms with Gasteiger partial charge in [-0.25, -0.2) is 0 Å². The zero-order chi connectivity index (χ0) is 15.8. The Bertz CT molecular complexity index is 490. The maximum atomic E-state index is 6.04. The minimum Gasteiger partial charge on any atom is -0.489 e.